The summed E-state index contributed by atoms with van der Waals surface area (Å²) < 4.78 is 5.17. The van der Waals surface area contributed by atoms with Gasteiger partial charge in [0.25, 0.3) is 0 Å². The molecule has 0 amide bonds. The minimum atomic E-state index is -1.11. The summed E-state index contributed by atoms with van der Waals surface area (Å²) in [6, 6.07) is 5.08. The van der Waals surface area contributed by atoms with E-state index in [1.165, 1.54) is 13.3 Å². The van der Waals surface area contributed by atoms with Gasteiger partial charge in [-0.2, -0.15) is 0 Å². The van der Waals surface area contributed by atoms with E-state index in [1.807, 2.05) is 0 Å². The van der Waals surface area contributed by atoms with Gasteiger partial charge in [-0.3, -0.25) is 0 Å². The number of H-pyrrole nitrogens is 1. The Labute approximate surface area is 102 Å². The minimum Gasteiger partial charge on any atom is -0.496 e. The summed E-state index contributed by atoms with van der Waals surface area (Å²) in [4.78, 5) is 17.1. The van der Waals surface area contributed by atoms with Crippen molar-refractivity contribution in [3.05, 3.63) is 35.2 Å². The van der Waals surface area contributed by atoms with Gasteiger partial charge in [0.05, 0.1) is 19.0 Å². The third-order valence-corrected chi connectivity index (χ3v) is 2.47. The molecule has 0 radical (unpaired) electrons. The van der Waals surface area contributed by atoms with Gasteiger partial charge in [-0.05, 0) is 18.2 Å². The highest BCUT2D eigenvalue weighted by atomic mass is 35.5. The van der Waals surface area contributed by atoms with Crippen molar-refractivity contribution < 1.29 is 14.6 Å². The second-order valence-electron chi connectivity index (χ2n) is 3.30. The summed E-state index contributed by atoms with van der Waals surface area (Å²) in [6.07, 6.45) is 1.43. The fourth-order valence-electron chi connectivity index (χ4n) is 1.46. The second-order valence-corrected chi connectivity index (χ2v) is 3.73. The van der Waals surface area contributed by atoms with E-state index in [0.717, 1.165) is 0 Å². The Morgan fingerprint density at radius 2 is 2.29 bits per heavy atom. The lowest BCUT2D eigenvalue weighted by molar-refractivity contribution is 0.0685. The molecule has 0 fully saturated rings. The quantitative estimate of drug-likeness (QED) is 0.880. The number of carboxylic acids is 1. The molecule has 0 saturated carbocycles. The van der Waals surface area contributed by atoms with Gasteiger partial charge in [-0.1, -0.05) is 11.6 Å². The van der Waals surface area contributed by atoms with E-state index < -0.39 is 5.97 Å². The summed E-state index contributed by atoms with van der Waals surface area (Å²) >= 11 is 5.89. The number of hydrogen-bond acceptors (Lipinski definition) is 3. The lowest BCUT2D eigenvalue weighted by atomic mass is 10.1. The highest BCUT2D eigenvalue weighted by Gasteiger charge is 2.12. The number of carbonyl (C=O) groups is 1. The van der Waals surface area contributed by atoms with E-state index in [4.69, 9.17) is 21.4 Å². The zero-order valence-electron chi connectivity index (χ0n) is 8.90. The van der Waals surface area contributed by atoms with Crippen molar-refractivity contribution in [1.29, 1.82) is 0 Å². The van der Waals surface area contributed by atoms with Crippen LogP contribution in [-0.2, 0) is 0 Å². The molecule has 0 aliphatic heterocycles. The van der Waals surface area contributed by atoms with Crippen molar-refractivity contribution in [2.45, 2.75) is 0 Å². The number of methoxy groups -OCH3 is 1. The van der Waals surface area contributed by atoms with Gasteiger partial charge in [0.15, 0.2) is 0 Å². The molecule has 17 heavy (non-hydrogen) atoms. The van der Waals surface area contributed by atoms with Gasteiger partial charge in [0.2, 0.25) is 5.82 Å². The number of nitrogens with one attached hydrogen (secondary N) is 1. The predicted octanol–water partition coefficient (Wildman–Crippen LogP) is 2.44. The minimum absolute atomic E-state index is 0.123. The zero-order valence-corrected chi connectivity index (χ0v) is 9.65. The molecular weight excluding hydrogens is 244 g/mol. The van der Waals surface area contributed by atoms with Crippen LogP contribution in [0.2, 0.25) is 5.02 Å². The standard InChI is InChI=1S/C11H9ClN2O3/c1-17-9-3-2-6(12)4-7(9)8-5-13-10(14-8)11(15)16/h2-5H,1H3,(H,13,14)(H,15,16). The maximum atomic E-state index is 10.7. The van der Waals surface area contributed by atoms with Gasteiger partial charge < -0.3 is 14.8 Å². The molecule has 88 valence electrons. The molecule has 0 bridgehead atoms. The van der Waals surface area contributed by atoms with Crippen LogP contribution in [0.5, 0.6) is 5.75 Å². The van der Waals surface area contributed by atoms with Crippen molar-refractivity contribution in [2.75, 3.05) is 7.11 Å². The Morgan fingerprint density at radius 3 is 2.88 bits per heavy atom. The van der Waals surface area contributed by atoms with E-state index in [0.29, 0.717) is 22.0 Å². The number of aromatic nitrogens is 2. The summed E-state index contributed by atoms with van der Waals surface area (Å²) in [5.41, 5.74) is 1.21. The average Bonchev–Trinajstić information content (AvgIpc) is 2.78. The third-order valence-electron chi connectivity index (χ3n) is 2.23. The highest BCUT2D eigenvalue weighted by molar-refractivity contribution is 6.30. The van der Waals surface area contributed by atoms with Crippen molar-refractivity contribution in [3.63, 3.8) is 0 Å². The van der Waals surface area contributed by atoms with E-state index in [-0.39, 0.29) is 5.82 Å². The normalized spacial score (nSPS) is 10.2. The molecule has 1 heterocycles. The van der Waals surface area contributed by atoms with Gasteiger partial charge in [-0.15, -0.1) is 0 Å². The van der Waals surface area contributed by atoms with Crippen LogP contribution < -0.4 is 4.74 Å². The number of benzene rings is 1. The average molecular weight is 253 g/mol. The first-order chi connectivity index (χ1) is 8.11. The summed E-state index contributed by atoms with van der Waals surface area (Å²) in [5, 5.41) is 9.31. The lowest BCUT2D eigenvalue weighted by Crippen LogP contribution is -1.98. The van der Waals surface area contributed by atoms with Gasteiger partial charge in [0.1, 0.15) is 5.75 Å². The van der Waals surface area contributed by atoms with Crippen LogP contribution in [0.3, 0.4) is 0 Å². The summed E-state index contributed by atoms with van der Waals surface area (Å²) in [5.74, 6) is -0.644. The summed E-state index contributed by atoms with van der Waals surface area (Å²) in [6.45, 7) is 0. The van der Waals surface area contributed by atoms with Crippen LogP contribution in [-0.4, -0.2) is 28.2 Å². The fourth-order valence-corrected chi connectivity index (χ4v) is 1.63. The van der Waals surface area contributed by atoms with Gasteiger partial charge >= 0.3 is 5.97 Å². The topological polar surface area (TPSA) is 75.2 Å². The monoisotopic (exact) mass is 252 g/mol. The number of imidazole rings is 1. The van der Waals surface area contributed by atoms with Crippen molar-refractivity contribution >= 4 is 17.6 Å². The third kappa shape index (κ3) is 2.24. The first kappa shape index (κ1) is 11.5. The van der Waals surface area contributed by atoms with E-state index in [1.54, 1.807) is 18.2 Å². The molecule has 2 aromatic rings. The van der Waals surface area contributed by atoms with E-state index >= 15 is 0 Å². The number of aromatic carboxylic acids is 1. The molecule has 0 atom stereocenters. The molecular formula is C11H9ClN2O3. The van der Waals surface area contributed by atoms with Crippen molar-refractivity contribution in [2.24, 2.45) is 0 Å². The smallest absolute Gasteiger partial charge is 0.371 e. The van der Waals surface area contributed by atoms with Crippen LogP contribution in [0.15, 0.2) is 24.4 Å². The fraction of sp³-hybridized carbons (Fsp3) is 0.0909. The van der Waals surface area contributed by atoms with Crippen LogP contribution in [0.4, 0.5) is 0 Å². The lowest BCUT2D eigenvalue weighted by Gasteiger charge is -2.06. The molecule has 0 unspecified atom stereocenters. The Balaban J connectivity index is 2.51. The Morgan fingerprint density at radius 1 is 1.53 bits per heavy atom. The SMILES string of the molecule is COc1ccc(Cl)cc1-c1cnc(C(=O)O)[nH]1. The van der Waals surface area contributed by atoms with Crippen LogP contribution in [0.1, 0.15) is 10.6 Å². The van der Waals surface area contributed by atoms with Crippen LogP contribution >= 0.6 is 11.6 Å². The Hall–Kier alpha value is -2.01. The first-order valence-corrected chi connectivity index (χ1v) is 5.12. The number of ether oxygens (including phenoxy) is 1. The molecule has 1 aromatic heterocycles. The molecule has 0 aliphatic rings. The molecule has 6 heteroatoms. The van der Waals surface area contributed by atoms with E-state index in [2.05, 4.69) is 9.97 Å². The number of aromatic amines is 1. The maximum Gasteiger partial charge on any atom is 0.371 e. The van der Waals surface area contributed by atoms with Gasteiger partial charge in [-0.25, -0.2) is 9.78 Å². The predicted molar refractivity (Wildman–Crippen MR) is 62.5 cm³/mol. The first-order valence-electron chi connectivity index (χ1n) is 4.74. The number of hydrogen-bond donors (Lipinski definition) is 2. The number of rotatable bonds is 3. The highest BCUT2D eigenvalue weighted by Crippen LogP contribution is 2.31. The molecule has 2 rings (SSSR count). The van der Waals surface area contributed by atoms with Crippen LogP contribution in [0.25, 0.3) is 11.3 Å². The zero-order chi connectivity index (χ0) is 12.4. The maximum absolute atomic E-state index is 10.7. The number of carboxylic acid groups (broad SMARTS) is 1. The number of nitrogens with zero attached hydrogens (tertiary/aromatic N) is 1. The van der Waals surface area contributed by atoms with Gasteiger partial charge in [0, 0.05) is 10.6 Å². The van der Waals surface area contributed by atoms with Crippen molar-refractivity contribution in [1.82, 2.24) is 9.97 Å². The molecule has 1 aromatic carbocycles. The van der Waals surface area contributed by atoms with Crippen molar-refractivity contribution in [3.8, 4) is 17.0 Å². The Bertz CT molecular complexity index is 566. The largest absolute Gasteiger partial charge is 0.496 e. The van der Waals surface area contributed by atoms with E-state index in [9.17, 15) is 4.79 Å². The van der Waals surface area contributed by atoms with Crippen LogP contribution in [0, 0.1) is 0 Å². The molecule has 0 spiro atoms. The molecule has 5 nitrogen and oxygen atoms in total. The Kier molecular flexibility index (Phi) is 3.01. The molecule has 0 saturated heterocycles. The number of halogens is 1. The molecule has 0 aliphatic carbocycles. The molecule has 2 N–H and O–H groups in total. The summed E-state index contributed by atoms with van der Waals surface area (Å²) in [7, 11) is 1.53. The second kappa shape index (κ2) is 4.47.